The summed E-state index contributed by atoms with van der Waals surface area (Å²) in [6.07, 6.45) is 3.80. The molecule has 0 aromatic carbocycles. The lowest BCUT2D eigenvalue weighted by atomic mass is 10.2. The molecule has 1 atom stereocenters. The second kappa shape index (κ2) is 13.6. The first-order valence-electron chi connectivity index (χ1n) is 10.6. The van der Waals surface area contributed by atoms with Gasteiger partial charge in [-0.3, -0.25) is 29.0 Å². The summed E-state index contributed by atoms with van der Waals surface area (Å²) in [7, 11) is 0. The Morgan fingerprint density at radius 2 is 1.39 bits per heavy atom. The third-order valence-electron chi connectivity index (χ3n) is 4.78. The zero-order chi connectivity index (χ0) is 22.6. The van der Waals surface area contributed by atoms with Gasteiger partial charge in [0.15, 0.2) is 0 Å². The number of carbonyl (C=O) groups excluding carboxylic acids is 4. The number of carbonyl (C=O) groups is 4. The van der Waals surface area contributed by atoms with Crippen LogP contribution in [0.5, 0.6) is 0 Å². The summed E-state index contributed by atoms with van der Waals surface area (Å²) in [4.78, 5) is 49.5. The number of ether oxygens (including phenoxy) is 3. The molecule has 2 rings (SSSR count). The van der Waals surface area contributed by atoms with Crippen LogP contribution in [0.2, 0.25) is 0 Å². The average molecular weight is 457 g/mol. The molecule has 0 bridgehead atoms. The summed E-state index contributed by atoms with van der Waals surface area (Å²) in [5.41, 5.74) is 0. The molecular formula is C21H32N2O7S. The van der Waals surface area contributed by atoms with Crippen molar-refractivity contribution in [1.29, 1.82) is 0 Å². The molecule has 9 nitrogen and oxygen atoms in total. The fraction of sp³-hybridized carbons (Fsp3) is 0.714. The van der Waals surface area contributed by atoms with Crippen molar-refractivity contribution in [2.24, 2.45) is 5.92 Å². The SMILES string of the molecule is CC(C)CCSC1CC(=O)N(CCOCCOCCOCCN2C(=O)C=CC2=O)C1=O. The first-order chi connectivity index (χ1) is 14.9. The molecular weight excluding hydrogens is 424 g/mol. The molecule has 4 amide bonds. The van der Waals surface area contributed by atoms with E-state index < -0.39 is 0 Å². The maximum atomic E-state index is 12.3. The first kappa shape index (κ1) is 25.5. The van der Waals surface area contributed by atoms with Crippen LogP contribution in [-0.2, 0) is 33.4 Å². The lowest BCUT2D eigenvalue weighted by Crippen LogP contribution is -2.34. The molecule has 31 heavy (non-hydrogen) atoms. The van der Waals surface area contributed by atoms with Gasteiger partial charge in [0.2, 0.25) is 11.8 Å². The van der Waals surface area contributed by atoms with Gasteiger partial charge in [-0.1, -0.05) is 13.8 Å². The average Bonchev–Trinajstić information content (AvgIpc) is 3.18. The summed E-state index contributed by atoms with van der Waals surface area (Å²) in [6.45, 7) is 6.74. The number of nitrogens with zero attached hydrogens (tertiary/aromatic N) is 2. The molecule has 0 N–H and O–H groups in total. The van der Waals surface area contributed by atoms with E-state index >= 15 is 0 Å². The van der Waals surface area contributed by atoms with Crippen molar-refractivity contribution in [1.82, 2.24) is 9.80 Å². The molecule has 2 aliphatic rings. The predicted molar refractivity (Wildman–Crippen MR) is 115 cm³/mol. The Morgan fingerprint density at radius 3 is 1.94 bits per heavy atom. The maximum absolute atomic E-state index is 12.3. The summed E-state index contributed by atoms with van der Waals surface area (Å²) < 4.78 is 16.2. The zero-order valence-corrected chi connectivity index (χ0v) is 19.1. The van der Waals surface area contributed by atoms with E-state index in [9.17, 15) is 19.2 Å². The van der Waals surface area contributed by atoms with Gasteiger partial charge in [0, 0.05) is 18.6 Å². The monoisotopic (exact) mass is 456 g/mol. The zero-order valence-electron chi connectivity index (χ0n) is 18.2. The third-order valence-corrected chi connectivity index (χ3v) is 6.02. The second-order valence-corrected chi connectivity index (χ2v) is 8.94. The van der Waals surface area contributed by atoms with Crippen LogP contribution in [-0.4, -0.2) is 97.2 Å². The predicted octanol–water partition coefficient (Wildman–Crippen LogP) is 0.868. The quantitative estimate of drug-likeness (QED) is 0.249. The normalized spacial score (nSPS) is 19.0. The highest BCUT2D eigenvalue weighted by molar-refractivity contribution is 8.00. The highest BCUT2D eigenvalue weighted by Gasteiger charge is 2.38. The van der Waals surface area contributed by atoms with Crippen molar-refractivity contribution in [3.05, 3.63) is 12.2 Å². The van der Waals surface area contributed by atoms with Crippen LogP contribution in [0.3, 0.4) is 0 Å². The fourth-order valence-corrected chi connectivity index (χ4v) is 4.39. The first-order valence-corrected chi connectivity index (χ1v) is 11.7. The van der Waals surface area contributed by atoms with E-state index in [0.29, 0.717) is 32.3 Å². The molecule has 174 valence electrons. The summed E-state index contributed by atoms with van der Waals surface area (Å²) in [6, 6.07) is 0. The number of imide groups is 2. The van der Waals surface area contributed by atoms with Crippen LogP contribution in [0.4, 0.5) is 0 Å². The summed E-state index contributed by atoms with van der Waals surface area (Å²) in [5.74, 6) is 0.598. The molecule has 0 saturated carbocycles. The van der Waals surface area contributed by atoms with Crippen LogP contribution in [0.1, 0.15) is 26.7 Å². The van der Waals surface area contributed by atoms with Gasteiger partial charge in [-0.05, 0) is 18.1 Å². The lowest BCUT2D eigenvalue weighted by Gasteiger charge is -2.15. The Morgan fingerprint density at radius 1 is 0.871 bits per heavy atom. The lowest BCUT2D eigenvalue weighted by molar-refractivity contribution is -0.140. The molecule has 2 aliphatic heterocycles. The van der Waals surface area contributed by atoms with Gasteiger partial charge in [0.05, 0.1) is 58.0 Å². The minimum atomic E-state index is -0.320. The molecule has 1 unspecified atom stereocenters. The van der Waals surface area contributed by atoms with E-state index in [1.54, 1.807) is 11.8 Å². The van der Waals surface area contributed by atoms with Crippen LogP contribution in [0.25, 0.3) is 0 Å². The number of hydrogen-bond acceptors (Lipinski definition) is 8. The summed E-state index contributed by atoms with van der Waals surface area (Å²) >= 11 is 1.57. The smallest absolute Gasteiger partial charge is 0.253 e. The topological polar surface area (TPSA) is 102 Å². The Balaban J connectivity index is 1.43. The highest BCUT2D eigenvalue weighted by atomic mass is 32.2. The highest BCUT2D eigenvalue weighted by Crippen LogP contribution is 2.26. The number of amides is 4. The number of likely N-dealkylation sites (tertiary alicyclic amines) is 1. The Labute approximate surface area is 187 Å². The third kappa shape index (κ3) is 8.72. The van der Waals surface area contributed by atoms with E-state index in [4.69, 9.17) is 14.2 Å². The Kier molecular flexibility index (Phi) is 11.2. The van der Waals surface area contributed by atoms with Crippen molar-refractivity contribution in [3.8, 4) is 0 Å². The van der Waals surface area contributed by atoms with Gasteiger partial charge < -0.3 is 14.2 Å². The molecule has 0 aromatic rings. The van der Waals surface area contributed by atoms with Gasteiger partial charge in [0.1, 0.15) is 0 Å². The van der Waals surface area contributed by atoms with Gasteiger partial charge in [-0.15, -0.1) is 11.8 Å². The number of hydrogen-bond donors (Lipinski definition) is 0. The minimum absolute atomic E-state index is 0.108. The van der Waals surface area contributed by atoms with Gasteiger partial charge in [-0.2, -0.15) is 0 Å². The fourth-order valence-electron chi connectivity index (χ4n) is 2.97. The van der Waals surface area contributed by atoms with E-state index in [-0.39, 0.29) is 61.6 Å². The molecule has 0 spiro atoms. The van der Waals surface area contributed by atoms with E-state index in [1.165, 1.54) is 17.1 Å². The molecule has 0 radical (unpaired) electrons. The van der Waals surface area contributed by atoms with Crippen molar-refractivity contribution in [3.63, 3.8) is 0 Å². The van der Waals surface area contributed by atoms with Crippen LogP contribution >= 0.6 is 11.8 Å². The molecule has 2 heterocycles. The van der Waals surface area contributed by atoms with Crippen LogP contribution in [0.15, 0.2) is 12.2 Å². The molecule has 0 aromatic heterocycles. The Hall–Kier alpha value is -1.75. The van der Waals surface area contributed by atoms with Crippen molar-refractivity contribution in [2.45, 2.75) is 31.9 Å². The summed E-state index contributed by atoms with van der Waals surface area (Å²) in [5, 5.41) is -0.257. The molecule has 1 fully saturated rings. The number of rotatable bonds is 16. The standard InChI is InChI=1S/C21H32N2O7S/c1-16(2)5-14-31-17-15-20(26)23(21(17)27)7-9-29-11-13-30-12-10-28-8-6-22-18(24)3-4-19(22)25/h3-4,16-17H,5-15H2,1-2H3. The van der Waals surface area contributed by atoms with E-state index in [0.717, 1.165) is 17.1 Å². The van der Waals surface area contributed by atoms with Crippen molar-refractivity contribution >= 4 is 35.4 Å². The molecule has 1 saturated heterocycles. The minimum Gasteiger partial charge on any atom is -0.377 e. The second-order valence-electron chi connectivity index (χ2n) is 7.63. The van der Waals surface area contributed by atoms with E-state index in [1.807, 2.05) is 0 Å². The van der Waals surface area contributed by atoms with Gasteiger partial charge >= 0.3 is 0 Å². The maximum Gasteiger partial charge on any atom is 0.253 e. The van der Waals surface area contributed by atoms with Crippen molar-refractivity contribution < 1.29 is 33.4 Å². The largest absolute Gasteiger partial charge is 0.377 e. The molecule has 0 aliphatic carbocycles. The number of thioether (sulfide) groups is 1. The molecule has 10 heteroatoms. The van der Waals surface area contributed by atoms with Crippen LogP contribution < -0.4 is 0 Å². The van der Waals surface area contributed by atoms with E-state index in [2.05, 4.69) is 13.8 Å². The van der Waals surface area contributed by atoms with Gasteiger partial charge in [-0.25, -0.2) is 0 Å². The van der Waals surface area contributed by atoms with Gasteiger partial charge in [0.25, 0.3) is 11.8 Å². The Bertz CT molecular complexity index is 650. The van der Waals surface area contributed by atoms with Crippen LogP contribution in [0, 0.1) is 5.92 Å². The van der Waals surface area contributed by atoms with Crippen molar-refractivity contribution in [2.75, 3.05) is 58.5 Å².